The first-order valence-corrected chi connectivity index (χ1v) is 8.48. The standard InChI is InChI=1S/C17H12N4O3.C2HF3O2/c1-10-19-14(9-23-10)16-13-7-11(4-5-15(13)24-21-16)17(22)20-12-3-2-6-18-8-12;3-2(4,5)1(6)7/h2-9H,1H3,(H,20,22);(H,6,7). The van der Waals surface area contributed by atoms with E-state index in [-0.39, 0.29) is 5.91 Å². The van der Waals surface area contributed by atoms with E-state index in [0.29, 0.717) is 39.5 Å². The molecule has 160 valence electrons. The van der Waals surface area contributed by atoms with Gasteiger partial charge in [0.1, 0.15) is 17.7 Å². The van der Waals surface area contributed by atoms with E-state index in [4.69, 9.17) is 18.8 Å². The molecule has 0 atom stereocenters. The van der Waals surface area contributed by atoms with Crippen molar-refractivity contribution in [2.24, 2.45) is 0 Å². The van der Waals surface area contributed by atoms with Crippen LogP contribution in [-0.2, 0) is 4.79 Å². The van der Waals surface area contributed by atoms with E-state index in [1.807, 2.05) is 0 Å². The number of fused-ring (bicyclic) bond motifs is 1. The lowest BCUT2D eigenvalue weighted by Gasteiger charge is -2.04. The summed E-state index contributed by atoms with van der Waals surface area (Å²) in [6.07, 6.45) is -0.348. The quantitative estimate of drug-likeness (QED) is 0.493. The molecule has 1 aromatic carbocycles. The Hall–Kier alpha value is -4.22. The van der Waals surface area contributed by atoms with Crippen molar-refractivity contribution in [1.29, 1.82) is 0 Å². The zero-order chi connectivity index (χ0) is 22.6. The van der Waals surface area contributed by atoms with Crippen molar-refractivity contribution < 1.29 is 36.8 Å². The Morgan fingerprint density at radius 1 is 1.19 bits per heavy atom. The zero-order valence-electron chi connectivity index (χ0n) is 15.7. The summed E-state index contributed by atoms with van der Waals surface area (Å²) in [7, 11) is 0. The third kappa shape index (κ3) is 5.23. The molecule has 3 aromatic heterocycles. The van der Waals surface area contributed by atoms with Gasteiger partial charge < -0.3 is 19.4 Å². The van der Waals surface area contributed by atoms with Crippen LogP contribution in [0.3, 0.4) is 0 Å². The fourth-order valence-electron chi connectivity index (χ4n) is 2.38. The van der Waals surface area contributed by atoms with Gasteiger partial charge in [0.25, 0.3) is 5.91 Å². The Kier molecular flexibility index (Phi) is 6.00. The normalized spacial score (nSPS) is 11.0. The Labute approximate surface area is 171 Å². The highest BCUT2D eigenvalue weighted by molar-refractivity contribution is 6.07. The summed E-state index contributed by atoms with van der Waals surface area (Å²) in [5.41, 5.74) is 2.79. The molecule has 31 heavy (non-hydrogen) atoms. The van der Waals surface area contributed by atoms with Crippen LogP contribution in [0.4, 0.5) is 18.9 Å². The number of oxazole rings is 1. The number of anilines is 1. The number of aryl methyl sites for hydroxylation is 1. The molecule has 2 N–H and O–H groups in total. The number of alkyl halides is 3. The second-order valence-corrected chi connectivity index (χ2v) is 5.99. The molecule has 1 amide bonds. The minimum absolute atomic E-state index is 0.242. The third-order valence-corrected chi connectivity index (χ3v) is 3.76. The van der Waals surface area contributed by atoms with Gasteiger partial charge in [0.15, 0.2) is 11.5 Å². The molecule has 9 nitrogen and oxygen atoms in total. The predicted molar refractivity (Wildman–Crippen MR) is 100 cm³/mol. The molecule has 0 aliphatic heterocycles. The maximum absolute atomic E-state index is 12.4. The van der Waals surface area contributed by atoms with Crippen molar-refractivity contribution in [3.05, 3.63) is 60.4 Å². The van der Waals surface area contributed by atoms with E-state index in [1.54, 1.807) is 49.6 Å². The first-order valence-electron chi connectivity index (χ1n) is 8.48. The van der Waals surface area contributed by atoms with Crippen molar-refractivity contribution in [3.8, 4) is 11.4 Å². The van der Waals surface area contributed by atoms with Crippen LogP contribution in [0.15, 0.2) is 57.9 Å². The monoisotopic (exact) mass is 434 g/mol. The number of halogens is 3. The summed E-state index contributed by atoms with van der Waals surface area (Å²) >= 11 is 0. The first-order chi connectivity index (χ1) is 14.6. The first kappa shape index (κ1) is 21.5. The average Bonchev–Trinajstić information content (AvgIpc) is 3.33. The molecule has 0 bridgehead atoms. The van der Waals surface area contributed by atoms with Gasteiger partial charge in [0.2, 0.25) is 0 Å². The maximum Gasteiger partial charge on any atom is 0.490 e. The molecule has 0 spiro atoms. The fraction of sp³-hybridized carbons (Fsp3) is 0.105. The van der Waals surface area contributed by atoms with E-state index in [1.165, 1.54) is 6.26 Å². The number of carbonyl (C=O) groups excluding carboxylic acids is 1. The lowest BCUT2D eigenvalue weighted by molar-refractivity contribution is -0.192. The second-order valence-electron chi connectivity index (χ2n) is 5.99. The van der Waals surface area contributed by atoms with E-state index >= 15 is 0 Å². The van der Waals surface area contributed by atoms with Gasteiger partial charge in [-0.1, -0.05) is 5.16 Å². The summed E-state index contributed by atoms with van der Waals surface area (Å²) in [5, 5.41) is 14.6. The third-order valence-electron chi connectivity index (χ3n) is 3.76. The van der Waals surface area contributed by atoms with Crippen LogP contribution in [0.5, 0.6) is 0 Å². The van der Waals surface area contributed by atoms with E-state index in [2.05, 4.69) is 20.4 Å². The number of aromatic nitrogens is 3. The summed E-state index contributed by atoms with van der Waals surface area (Å²) in [4.78, 5) is 29.5. The molecular formula is C19H13F3N4O5. The molecule has 0 fully saturated rings. The maximum atomic E-state index is 12.4. The van der Waals surface area contributed by atoms with Crippen molar-refractivity contribution >= 4 is 28.5 Å². The Balaban J connectivity index is 0.000000339. The summed E-state index contributed by atoms with van der Waals surface area (Å²) in [6.45, 7) is 1.75. The van der Waals surface area contributed by atoms with Gasteiger partial charge >= 0.3 is 12.1 Å². The number of nitrogens with zero attached hydrogens (tertiary/aromatic N) is 3. The topological polar surface area (TPSA) is 131 Å². The number of carbonyl (C=O) groups is 2. The minimum atomic E-state index is -5.08. The molecule has 0 radical (unpaired) electrons. The number of hydrogen-bond acceptors (Lipinski definition) is 7. The van der Waals surface area contributed by atoms with Crippen LogP contribution >= 0.6 is 0 Å². The predicted octanol–water partition coefficient (Wildman–Crippen LogP) is 4.07. The molecule has 3 heterocycles. The highest BCUT2D eigenvalue weighted by atomic mass is 19.4. The SMILES string of the molecule is Cc1nc(-c2noc3ccc(C(=O)Nc4cccnc4)cc23)co1.O=C(O)C(F)(F)F. The molecule has 4 rings (SSSR count). The number of nitrogens with one attached hydrogen (secondary N) is 1. The Morgan fingerprint density at radius 2 is 1.94 bits per heavy atom. The Bertz CT molecular complexity index is 1220. The van der Waals surface area contributed by atoms with Crippen LogP contribution < -0.4 is 5.32 Å². The van der Waals surface area contributed by atoms with Gasteiger partial charge in [-0.05, 0) is 30.3 Å². The van der Waals surface area contributed by atoms with Gasteiger partial charge in [-0.25, -0.2) is 9.78 Å². The summed E-state index contributed by atoms with van der Waals surface area (Å²) in [6, 6.07) is 8.63. The van der Waals surface area contributed by atoms with Crippen molar-refractivity contribution in [2.45, 2.75) is 13.1 Å². The number of amides is 1. The lowest BCUT2D eigenvalue weighted by Crippen LogP contribution is -2.21. The van der Waals surface area contributed by atoms with Gasteiger partial charge in [-0.3, -0.25) is 9.78 Å². The molecule has 0 saturated carbocycles. The lowest BCUT2D eigenvalue weighted by atomic mass is 10.1. The van der Waals surface area contributed by atoms with Gasteiger partial charge in [0.05, 0.1) is 17.3 Å². The van der Waals surface area contributed by atoms with Crippen LogP contribution in [-0.4, -0.2) is 38.3 Å². The van der Waals surface area contributed by atoms with Crippen molar-refractivity contribution in [2.75, 3.05) is 5.32 Å². The van der Waals surface area contributed by atoms with Crippen LogP contribution in [0.1, 0.15) is 16.2 Å². The molecule has 0 unspecified atom stereocenters. The van der Waals surface area contributed by atoms with E-state index < -0.39 is 12.1 Å². The number of rotatable bonds is 3. The highest BCUT2D eigenvalue weighted by Crippen LogP contribution is 2.28. The van der Waals surface area contributed by atoms with Crippen molar-refractivity contribution in [1.82, 2.24) is 15.1 Å². The average molecular weight is 434 g/mol. The summed E-state index contributed by atoms with van der Waals surface area (Å²) in [5.74, 6) is -2.47. The van der Waals surface area contributed by atoms with Gasteiger partial charge in [0, 0.05) is 18.7 Å². The molecule has 12 heteroatoms. The number of aliphatic carboxylic acids is 1. The van der Waals surface area contributed by atoms with E-state index in [9.17, 15) is 18.0 Å². The van der Waals surface area contributed by atoms with Crippen LogP contribution in [0.2, 0.25) is 0 Å². The Morgan fingerprint density at radius 3 is 2.52 bits per heavy atom. The molecule has 4 aromatic rings. The fourth-order valence-corrected chi connectivity index (χ4v) is 2.38. The van der Waals surface area contributed by atoms with Crippen LogP contribution in [0.25, 0.3) is 22.4 Å². The van der Waals surface area contributed by atoms with Gasteiger partial charge in [-0.2, -0.15) is 13.2 Å². The smallest absolute Gasteiger partial charge is 0.475 e. The summed E-state index contributed by atoms with van der Waals surface area (Å²) < 4.78 is 42.2. The largest absolute Gasteiger partial charge is 0.490 e. The van der Waals surface area contributed by atoms with Crippen LogP contribution in [0, 0.1) is 6.92 Å². The van der Waals surface area contributed by atoms with E-state index in [0.717, 1.165) is 0 Å². The number of hydrogen-bond donors (Lipinski definition) is 2. The minimum Gasteiger partial charge on any atom is -0.475 e. The molecular weight excluding hydrogens is 421 g/mol. The molecule has 0 saturated heterocycles. The number of benzene rings is 1. The zero-order valence-corrected chi connectivity index (χ0v) is 15.7. The number of pyridine rings is 1. The highest BCUT2D eigenvalue weighted by Gasteiger charge is 2.38. The number of carboxylic acids is 1. The second kappa shape index (κ2) is 8.65. The van der Waals surface area contributed by atoms with Gasteiger partial charge in [-0.15, -0.1) is 0 Å². The molecule has 0 aliphatic rings. The van der Waals surface area contributed by atoms with Crippen molar-refractivity contribution in [3.63, 3.8) is 0 Å². The molecule has 0 aliphatic carbocycles. The number of carboxylic acid groups (broad SMARTS) is 1.